The summed E-state index contributed by atoms with van der Waals surface area (Å²) < 4.78 is 11.9. The third-order valence-corrected chi connectivity index (χ3v) is 4.29. The average Bonchev–Trinajstić information content (AvgIpc) is 2.53. The maximum absolute atomic E-state index is 9.49. The molecule has 1 saturated carbocycles. The van der Waals surface area contributed by atoms with Crippen molar-refractivity contribution in [3.05, 3.63) is 23.8 Å². The lowest BCUT2D eigenvalue weighted by Gasteiger charge is -2.29. The molecule has 1 N–H and O–H groups in total. The molecule has 1 aliphatic carbocycles. The van der Waals surface area contributed by atoms with Crippen LogP contribution in [0, 0.1) is 5.92 Å². The summed E-state index contributed by atoms with van der Waals surface area (Å²) >= 11 is 0. The molecule has 0 bridgehead atoms. The van der Waals surface area contributed by atoms with Crippen LogP contribution in [0.5, 0.6) is 11.5 Å². The second-order valence-corrected chi connectivity index (χ2v) is 5.96. The van der Waals surface area contributed by atoms with Gasteiger partial charge in [0.2, 0.25) is 0 Å². The van der Waals surface area contributed by atoms with Crippen molar-refractivity contribution < 1.29 is 14.6 Å². The van der Waals surface area contributed by atoms with Crippen LogP contribution >= 0.6 is 0 Å². The smallest absolute Gasteiger partial charge is 0.128 e. The predicted octanol–water partition coefficient (Wildman–Crippen LogP) is 4.32. The zero-order valence-electron chi connectivity index (χ0n) is 13.3. The van der Waals surface area contributed by atoms with Gasteiger partial charge in [-0.3, -0.25) is 0 Å². The highest BCUT2D eigenvalue weighted by Crippen LogP contribution is 2.32. The Hall–Kier alpha value is -1.22. The summed E-state index contributed by atoms with van der Waals surface area (Å²) in [5, 5.41) is 9.49. The van der Waals surface area contributed by atoms with E-state index in [4.69, 9.17) is 9.47 Å². The molecule has 0 heterocycles. The Morgan fingerprint density at radius 2 is 2.10 bits per heavy atom. The summed E-state index contributed by atoms with van der Waals surface area (Å²) in [6, 6.07) is 5.74. The molecule has 0 spiro atoms. The van der Waals surface area contributed by atoms with Crippen LogP contribution in [0.4, 0.5) is 0 Å². The quantitative estimate of drug-likeness (QED) is 0.813. The Morgan fingerprint density at radius 1 is 1.24 bits per heavy atom. The largest absolute Gasteiger partial charge is 0.493 e. The highest BCUT2D eigenvalue weighted by atomic mass is 16.5. The van der Waals surface area contributed by atoms with Crippen molar-refractivity contribution >= 4 is 0 Å². The Labute approximate surface area is 128 Å². The molecule has 118 valence electrons. The zero-order chi connectivity index (χ0) is 15.1. The molecule has 3 heteroatoms. The molecular weight excluding hydrogens is 264 g/mol. The Morgan fingerprint density at radius 3 is 2.81 bits per heavy atom. The van der Waals surface area contributed by atoms with E-state index in [0.29, 0.717) is 6.61 Å². The Balaban J connectivity index is 2.05. The maximum atomic E-state index is 9.49. The van der Waals surface area contributed by atoms with Gasteiger partial charge in [0.1, 0.15) is 11.5 Å². The molecule has 0 amide bonds. The third kappa shape index (κ3) is 4.63. The molecule has 1 aliphatic rings. The zero-order valence-corrected chi connectivity index (χ0v) is 13.3. The second-order valence-electron chi connectivity index (χ2n) is 5.96. The number of hydrogen-bond acceptors (Lipinski definition) is 3. The minimum absolute atomic E-state index is 0.00726. The topological polar surface area (TPSA) is 38.7 Å². The summed E-state index contributed by atoms with van der Waals surface area (Å²) in [7, 11) is 0. The molecule has 1 aromatic rings. The molecule has 0 radical (unpaired) electrons. The van der Waals surface area contributed by atoms with Crippen LogP contribution < -0.4 is 9.47 Å². The SMILES string of the molecule is CCCOc1ccc(CO)c(OC2CCCC(CC)C2)c1. The lowest BCUT2D eigenvalue weighted by atomic mass is 9.85. The molecule has 2 atom stereocenters. The van der Waals surface area contributed by atoms with E-state index in [1.165, 1.54) is 19.3 Å². The van der Waals surface area contributed by atoms with E-state index in [0.717, 1.165) is 42.2 Å². The lowest BCUT2D eigenvalue weighted by molar-refractivity contribution is 0.118. The van der Waals surface area contributed by atoms with Crippen molar-refractivity contribution in [3.8, 4) is 11.5 Å². The van der Waals surface area contributed by atoms with Crippen molar-refractivity contribution in [2.24, 2.45) is 5.92 Å². The number of aliphatic hydroxyl groups is 1. The number of aliphatic hydroxyl groups excluding tert-OH is 1. The first-order chi connectivity index (χ1) is 10.3. The summed E-state index contributed by atoms with van der Waals surface area (Å²) in [4.78, 5) is 0. The lowest BCUT2D eigenvalue weighted by Crippen LogP contribution is -2.25. The van der Waals surface area contributed by atoms with Crippen molar-refractivity contribution in [1.29, 1.82) is 0 Å². The summed E-state index contributed by atoms with van der Waals surface area (Å²) in [5.74, 6) is 2.39. The molecule has 1 aromatic carbocycles. The van der Waals surface area contributed by atoms with Gasteiger partial charge in [0.05, 0.1) is 19.3 Å². The van der Waals surface area contributed by atoms with E-state index in [1.54, 1.807) is 0 Å². The summed E-state index contributed by atoms with van der Waals surface area (Å²) in [6.07, 6.45) is 7.29. The van der Waals surface area contributed by atoms with Crippen LogP contribution in [0.3, 0.4) is 0 Å². The summed E-state index contributed by atoms with van der Waals surface area (Å²) in [5.41, 5.74) is 0.845. The highest BCUT2D eigenvalue weighted by molar-refractivity contribution is 5.40. The van der Waals surface area contributed by atoms with Gasteiger partial charge < -0.3 is 14.6 Å². The molecule has 2 rings (SSSR count). The van der Waals surface area contributed by atoms with Gasteiger partial charge in [-0.05, 0) is 43.7 Å². The molecule has 1 fully saturated rings. The van der Waals surface area contributed by atoms with Crippen LogP contribution in [-0.4, -0.2) is 17.8 Å². The fraction of sp³-hybridized carbons (Fsp3) is 0.667. The van der Waals surface area contributed by atoms with Gasteiger partial charge in [0.15, 0.2) is 0 Å². The number of hydrogen-bond donors (Lipinski definition) is 1. The number of benzene rings is 1. The van der Waals surface area contributed by atoms with Gasteiger partial charge in [0.25, 0.3) is 0 Å². The Kier molecular flexibility index (Phi) is 6.37. The van der Waals surface area contributed by atoms with Crippen LogP contribution in [-0.2, 0) is 6.61 Å². The van der Waals surface area contributed by atoms with Crippen LogP contribution in [0.1, 0.15) is 57.9 Å². The fourth-order valence-corrected chi connectivity index (χ4v) is 2.98. The van der Waals surface area contributed by atoms with Gasteiger partial charge in [0, 0.05) is 11.6 Å². The standard InChI is InChI=1S/C18H28O3/c1-3-10-20-16-9-8-15(13-19)18(12-16)21-17-7-5-6-14(4-2)11-17/h8-9,12,14,17,19H,3-7,10-11,13H2,1-2H3. The molecule has 3 nitrogen and oxygen atoms in total. The first-order valence-corrected chi connectivity index (χ1v) is 8.30. The van der Waals surface area contributed by atoms with E-state index in [-0.39, 0.29) is 12.7 Å². The van der Waals surface area contributed by atoms with E-state index in [2.05, 4.69) is 13.8 Å². The molecule has 0 aliphatic heterocycles. The van der Waals surface area contributed by atoms with Gasteiger partial charge in [-0.15, -0.1) is 0 Å². The number of rotatable bonds is 7. The average molecular weight is 292 g/mol. The highest BCUT2D eigenvalue weighted by Gasteiger charge is 2.23. The molecule has 21 heavy (non-hydrogen) atoms. The third-order valence-electron chi connectivity index (χ3n) is 4.29. The minimum Gasteiger partial charge on any atom is -0.493 e. The fourth-order valence-electron chi connectivity index (χ4n) is 2.98. The summed E-state index contributed by atoms with van der Waals surface area (Å²) in [6.45, 7) is 5.06. The Bertz CT molecular complexity index is 430. The molecular formula is C18H28O3. The second kappa shape index (κ2) is 8.28. The monoisotopic (exact) mass is 292 g/mol. The van der Waals surface area contributed by atoms with Crippen molar-refractivity contribution in [1.82, 2.24) is 0 Å². The van der Waals surface area contributed by atoms with Gasteiger partial charge in [-0.2, -0.15) is 0 Å². The first-order valence-electron chi connectivity index (χ1n) is 8.30. The van der Waals surface area contributed by atoms with Gasteiger partial charge >= 0.3 is 0 Å². The van der Waals surface area contributed by atoms with E-state index >= 15 is 0 Å². The van der Waals surface area contributed by atoms with Gasteiger partial charge in [-0.25, -0.2) is 0 Å². The van der Waals surface area contributed by atoms with E-state index < -0.39 is 0 Å². The van der Waals surface area contributed by atoms with Gasteiger partial charge in [-0.1, -0.05) is 26.7 Å². The first kappa shape index (κ1) is 16.2. The van der Waals surface area contributed by atoms with Crippen LogP contribution in [0.2, 0.25) is 0 Å². The van der Waals surface area contributed by atoms with Crippen molar-refractivity contribution in [3.63, 3.8) is 0 Å². The van der Waals surface area contributed by atoms with E-state index in [1.807, 2.05) is 18.2 Å². The van der Waals surface area contributed by atoms with Crippen molar-refractivity contribution in [2.75, 3.05) is 6.61 Å². The number of ether oxygens (including phenoxy) is 2. The van der Waals surface area contributed by atoms with Crippen molar-refractivity contribution in [2.45, 2.75) is 65.1 Å². The molecule has 0 aromatic heterocycles. The predicted molar refractivity (Wildman–Crippen MR) is 84.8 cm³/mol. The maximum Gasteiger partial charge on any atom is 0.128 e. The van der Waals surface area contributed by atoms with E-state index in [9.17, 15) is 5.11 Å². The van der Waals surface area contributed by atoms with Crippen LogP contribution in [0.15, 0.2) is 18.2 Å². The molecule has 0 saturated heterocycles. The normalized spacial score (nSPS) is 22.0. The van der Waals surface area contributed by atoms with Crippen LogP contribution in [0.25, 0.3) is 0 Å². The molecule has 2 unspecified atom stereocenters. The minimum atomic E-state index is 0.00726.